The first-order valence-electron chi connectivity index (χ1n) is 8.19. The predicted molar refractivity (Wildman–Crippen MR) is 89.4 cm³/mol. The predicted octanol–water partition coefficient (Wildman–Crippen LogP) is 3.16. The molecule has 1 N–H and O–H groups in total. The van der Waals surface area contributed by atoms with Gasteiger partial charge in [-0.3, -0.25) is 0 Å². The lowest BCUT2D eigenvalue weighted by Crippen LogP contribution is -2.39. The number of rotatable bonds is 3. The molecule has 3 amide bonds. The average molecular weight is 337 g/mol. The topological polar surface area (TPSA) is 61.9 Å². The Kier molecular flexibility index (Phi) is 6.40. The highest BCUT2D eigenvalue weighted by molar-refractivity contribution is 5.89. The number of hydrogen-bond donors (Lipinski definition) is 1. The second-order valence-corrected chi connectivity index (χ2v) is 6.21. The molecule has 1 aromatic carbocycles. The summed E-state index contributed by atoms with van der Waals surface area (Å²) in [6.07, 6.45) is 0.307. The van der Waals surface area contributed by atoms with Crippen molar-refractivity contribution < 1.29 is 18.7 Å². The maximum Gasteiger partial charge on any atom is 0.409 e. The number of amides is 3. The van der Waals surface area contributed by atoms with E-state index in [9.17, 15) is 14.0 Å². The van der Waals surface area contributed by atoms with E-state index in [-0.39, 0.29) is 23.7 Å². The molecule has 0 unspecified atom stereocenters. The first-order valence-corrected chi connectivity index (χ1v) is 8.19. The molecule has 6 nitrogen and oxygen atoms in total. The highest BCUT2D eigenvalue weighted by Gasteiger charge is 2.23. The van der Waals surface area contributed by atoms with Gasteiger partial charge in [0.1, 0.15) is 5.82 Å². The molecule has 0 saturated carbocycles. The molecule has 132 valence electrons. The smallest absolute Gasteiger partial charge is 0.409 e. The third-order valence-corrected chi connectivity index (χ3v) is 3.70. The van der Waals surface area contributed by atoms with E-state index in [4.69, 9.17) is 4.74 Å². The van der Waals surface area contributed by atoms with E-state index >= 15 is 0 Å². The zero-order chi connectivity index (χ0) is 17.5. The van der Waals surface area contributed by atoms with Gasteiger partial charge in [0.15, 0.2) is 0 Å². The first kappa shape index (κ1) is 18.0. The number of carbonyl (C=O) groups is 2. The third-order valence-electron chi connectivity index (χ3n) is 3.70. The van der Waals surface area contributed by atoms with Crippen molar-refractivity contribution in [1.29, 1.82) is 0 Å². The minimum atomic E-state index is -0.473. The van der Waals surface area contributed by atoms with Crippen molar-refractivity contribution in [3.63, 3.8) is 0 Å². The van der Waals surface area contributed by atoms with E-state index in [0.29, 0.717) is 39.2 Å². The summed E-state index contributed by atoms with van der Waals surface area (Å²) in [7, 11) is 0. The summed E-state index contributed by atoms with van der Waals surface area (Å²) in [5, 5.41) is 2.57. The summed E-state index contributed by atoms with van der Waals surface area (Å²) >= 11 is 0. The molecule has 1 aliphatic heterocycles. The molecule has 2 rings (SSSR count). The number of para-hydroxylation sites is 1. The molecule has 0 bridgehead atoms. The zero-order valence-corrected chi connectivity index (χ0v) is 14.1. The Hall–Kier alpha value is -2.31. The second-order valence-electron chi connectivity index (χ2n) is 6.21. The Bertz CT molecular complexity index is 580. The van der Waals surface area contributed by atoms with E-state index < -0.39 is 5.82 Å². The molecule has 1 aromatic rings. The largest absolute Gasteiger partial charge is 0.449 e. The van der Waals surface area contributed by atoms with Crippen LogP contribution in [-0.4, -0.2) is 54.7 Å². The number of halogens is 1. The van der Waals surface area contributed by atoms with Gasteiger partial charge < -0.3 is 19.9 Å². The average Bonchev–Trinajstić information content (AvgIpc) is 2.81. The van der Waals surface area contributed by atoms with Crippen molar-refractivity contribution in [2.45, 2.75) is 20.3 Å². The molecule has 7 heteroatoms. The first-order chi connectivity index (χ1) is 11.5. The summed E-state index contributed by atoms with van der Waals surface area (Å²) in [4.78, 5) is 27.5. The Morgan fingerprint density at radius 1 is 1.17 bits per heavy atom. The number of ether oxygens (including phenoxy) is 1. The van der Waals surface area contributed by atoms with E-state index in [1.165, 1.54) is 12.1 Å². The molecule has 1 heterocycles. The number of urea groups is 1. The molecular weight excluding hydrogens is 313 g/mol. The maximum absolute atomic E-state index is 13.6. The number of nitrogens with zero attached hydrogens (tertiary/aromatic N) is 2. The highest BCUT2D eigenvalue weighted by atomic mass is 19.1. The van der Waals surface area contributed by atoms with Crippen molar-refractivity contribution in [3.05, 3.63) is 30.1 Å². The molecule has 1 aliphatic rings. The Balaban J connectivity index is 1.87. The maximum atomic E-state index is 13.6. The zero-order valence-electron chi connectivity index (χ0n) is 14.1. The summed E-state index contributed by atoms with van der Waals surface area (Å²) in [6, 6.07) is 5.67. The van der Waals surface area contributed by atoms with Crippen LogP contribution in [0.2, 0.25) is 0 Å². The number of anilines is 1. The van der Waals surface area contributed by atoms with Crippen LogP contribution < -0.4 is 5.32 Å². The molecule has 1 saturated heterocycles. The number of nitrogens with one attached hydrogen (secondary N) is 1. The fourth-order valence-corrected chi connectivity index (χ4v) is 2.39. The van der Waals surface area contributed by atoms with Gasteiger partial charge in [0.05, 0.1) is 12.3 Å². The standard InChI is InChI=1S/C17H24FN3O3/c1-13(2)12-24-17(23)21-9-5-8-20(10-11-21)16(22)19-15-7-4-3-6-14(15)18/h3-4,6-7,13H,5,8-12H2,1-2H3,(H,19,22). The van der Waals surface area contributed by atoms with Crippen LogP contribution >= 0.6 is 0 Å². The fourth-order valence-electron chi connectivity index (χ4n) is 2.39. The van der Waals surface area contributed by atoms with Crippen molar-refractivity contribution in [2.75, 3.05) is 38.1 Å². The van der Waals surface area contributed by atoms with Crippen molar-refractivity contribution in [2.24, 2.45) is 5.92 Å². The third kappa shape index (κ3) is 5.11. The Labute approximate surface area is 141 Å². The van der Waals surface area contributed by atoms with E-state index in [1.54, 1.807) is 21.9 Å². The van der Waals surface area contributed by atoms with Crippen molar-refractivity contribution in [3.8, 4) is 0 Å². The Morgan fingerprint density at radius 3 is 2.54 bits per heavy atom. The molecule has 0 radical (unpaired) electrons. The van der Waals surface area contributed by atoms with Gasteiger partial charge in [0.2, 0.25) is 0 Å². The molecule has 0 spiro atoms. The van der Waals surface area contributed by atoms with Crippen molar-refractivity contribution >= 4 is 17.8 Å². The summed E-state index contributed by atoms with van der Waals surface area (Å²) < 4.78 is 18.8. The fraction of sp³-hybridized carbons (Fsp3) is 0.529. The minimum Gasteiger partial charge on any atom is -0.449 e. The molecule has 1 fully saturated rings. The van der Waals surface area contributed by atoms with Crippen LogP contribution in [0.15, 0.2) is 24.3 Å². The van der Waals surface area contributed by atoms with Gasteiger partial charge in [-0.1, -0.05) is 26.0 Å². The summed E-state index contributed by atoms with van der Waals surface area (Å²) in [6.45, 7) is 6.18. The lowest BCUT2D eigenvalue weighted by Gasteiger charge is -2.22. The van der Waals surface area contributed by atoms with Crippen LogP contribution in [0.3, 0.4) is 0 Å². The summed E-state index contributed by atoms with van der Waals surface area (Å²) in [5.74, 6) is -0.191. The van der Waals surface area contributed by atoms with Crippen LogP contribution in [0.1, 0.15) is 20.3 Å². The van der Waals surface area contributed by atoms with Gasteiger partial charge in [-0.05, 0) is 24.5 Å². The minimum absolute atomic E-state index is 0.153. The molecule has 0 atom stereocenters. The van der Waals surface area contributed by atoms with Gasteiger partial charge in [-0.25, -0.2) is 14.0 Å². The lowest BCUT2D eigenvalue weighted by atomic mass is 10.2. The van der Waals surface area contributed by atoms with Gasteiger partial charge in [0.25, 0.3) is 0 Å². The van der Waals surface area contributed by atoms with Gasteiger partial charge in [-0.2, -0.15) is 0 Å². The van der Waals surface area contributed by atoms with E-state index in [1.807, 2.05) is 13.8 Å². The normalized spacial score (nSPS) is 15.2. The second kappa shape index (κ2) is 8.52. The number of benzene rings is 1. The number of carbonyl (C=O) groups excluding carboxylic acids is 2. The van der Waals surface area contributed by atoms with Crippen molar-refractivity contribution in [1.82, 2.24) is 9.80 Å². The van der Waals surface area contributed by atoms with Gasteiger partial charge in [-0.15, -0.1) is 0 Å². The quantitative estimate of drug-likeness (QED) is 0.921. The van der Waals surface area contributed by atoms with Gasteiger partial charge >= 0.3 is 12.1 Å². The van der Waals surface area contributed by atoms with Crippen LogP contribution in [0, 0.1) is 11.7 Å². The van der Waals surface area contributed by atoms with E-state index in [0.717, 1.165) is 0 Å². The number of hydrogen-bond acceptors (Lipinski definition) is 3. The Morgan fingerprint density at radius 2 is 1.83 bits per heavy atom. The SMILES string of the molecule is CC(C)COC(=O)N1CCCN(C(=O)Nc2ccccc2F)CC1. The van der Waals surface area contributed by atoms with E-state index in [2.05, 4.69) is 5.32 Å². The highest BCUT2D eigenvalue weighted by Crippen LogP contribution is 2.14. The molecule has 24 heavy (non-hydrogen) atoms. The van der Waals surface area contributed by atoms with Crippen LogP contribution in [-0.2, 0) is 4.74 Å². The van der Waals surface area contributed by atoms with Crippen LogP contribution in [0.25, 0.3) is 0 Å². The molecule has 0 aliphatic carbocycles. The van der Waals surface area contributed by atoms with Crippen LogP contribution in [0.4, 0.5) is 19.7 Å². The molecular formula is C17H24FN3O3. The monoisotopic (exact) mass is 337 g/mol. The van der Waals surface area contributed by atoms with Gasteiger partial charge in [0, 0.05) is 26.2 Å². The molecule has 0 aromatic heterocycles. The summed E-state index contributed by atoms with van der Waals surface area (Å²) in [5.41, 5.74) is 0.153. The lowest BCUT2D eigenvalue weighted by molar-refractivity contribution is 0.0934. The van der Waals surface area contributed by atoms with Crippen LogP contribution in [0.5, 0.6) is 0 Å².